The summed E-state index contributed by atoms with van der Waals surface area (Å²) in [5, 5.41) is 0. The monoisotopic (exact) mass is 222 g/mol. The number of carbonyl (C=O) groups excluding carboxylic acids is 1. The molecule has 1 amide bonds. The number of hydrogen-bond donors (Lipinski definition) is 0. The molecule has 0 spiro atoms. The predicted molar refractivity (Wildman–Crippen MR) is 61.1 cm³/mol. The molecule has 1 aromatic rings. The van der Waals surface area contributed by atoms with Gasteiger partial charge in [-0.15, -0.1) is 0 Å². The molecule has 0 saturated carbocycles. The van der Waals surface area contributed by atoms with Crippen LogP contribution in [-0.4, -0.2) is 38.5 Å². The van der Waals surface area contributed by atoms with E-state index in [1.165, 1.54) is 12.1 Å². The van der Waals surface area contributed by atoms with Gasteiger partial charge in [-0.1, -0.05) is 0 Å². The van der Waals surface area contributed by atoms with Crippen molar-refractivity contribution in [2.75, 3.05) is 32.6 Å². The van der Waals surface area contributed by atoms with E-state index in [0.717, 1.165) is 11.3 Å². The third-order valence-electron chi connectivity index (χ3n) is 2.97. The van der Waals surface area contributed by atoms with Crippen molar-refractivity contribution in [1.29, 1.82) is 0 Å². The number of amides is 1. The quantitative estimate of drug-likeness (QED) is 0.718. The second-order valence-electron chi connectivity index (χ2n) is 4.37. The number of halogens is 1. The first-order chi connectivity index (χ1) is 7.50. The maximum absolute atomic E-state index is 13.2. The van der Waals surface area contributed by atoms with Crippen molar-refractivity contribution in [3.8, 4) is 0 Å². The average Bonchev–Trinajstić information content (AvgIpc) is 2.54. The van der Waals surface area contributed by atoms with Crippen LogP contribution >= 0.6 is 0 Å². The van der Waals surface area contributed by atoms with Crippen molar-refractivity contribution < 1.29 is 9.18 Å². The summed E-state index contributed by atoms with van der Waals surface area (Å²) in [4.78, 5) is 15.5. The number of nitrogens with zero attached hydrogens (tertiary/aromatic N) is 2. The molecule has 1 atom stereocenters. The minimum Gasteiger partial charge on any atom is -0.373 e. The second-order valence-corrected chi connectivity index (χ2v) is 4.37. The lowest BCUT2D eigenvalue weighted by molar-refractivity contribution is -0.129. The van der Waals surface area contributed by atoms with Crippen LogP contribution < -0.4 is 4.90 Å². The van der Waals surface area contributed by atoms with E-state index in [1.54, 1.807) is 25.1 Å². The van der Waals surface area contributed by atoms with E-state index in [4.69, 9.17) is 0 Å². The van der Waals surface area contributed by atoms with Crippen LogP contribution in [0.15, 0.2) is 18.2 Å². The van der Waals surface area contributed by atoms with E-state index in [2.05, 4.69) is 0 Å². The molecule has 0 radical (unpaired) electrons. The van der Waals surface area contributed by atoms with Crippen LogP contribution in [0.4, 0.5) is 10.1 Å². The summed E-state index contributed by atoms with van der Waals surface area (Å²) in [6.07, 6.45) is 0. The smallest absolute Gasteiger partial charge is 0.231 e. The van der Waals surface area contributed by atoms with Crippen molar-refractivity contribution in [1.82, 2.24) is 4.90 Å². The topological polar surface area (TPSA) is 23.6 Å². The fourth-order valence-electron chi connectivity index (χ4n) is 2.15. The van der Waals surface area contributed by atoms with Crippen LogP contribution in [0.1, 0.15) is 11.5 Å². The Kier molecular flexibility index (Phi) is 2.58. The summed E-state index contributed by atoms with van der Waals surface area (Å²) >= 11 is 0. The Morgan fingerprint density at radius 1 is 1.50 bits per heavy atom. The van der Waals surface area contributed by atoms with E-state index in [1.807, 2.05) is 11.9 Å². The molecule has 0 bridgehead atoms. The van der Waals surface area contributed by atoms with Crippen LogP contribution in [0.2, 0.25) is 0 Å². The minimum atomic E-state index is -0.286. The number of hydrogen-bond acceptors (Lipinski definition) is 2. The molecule has 2 rings (SSSR count). The molecule has 16 heavy (non-hydrogen) atoms. The third kappa shape index (κ3) is 1.64. The van der Waals surface area contributed by atoms with E-state index >= 15 is 0 Å². The molecule has 0 N–H and O–H groups in total. The summed E-state index contributed by atoms with van der Waals surface area (Å²) in [5.74, 6) is -0.507. The molecular weight excluding hydrogens is 207 g/mol. The van der Waals surface area contributed by atoms with Crippen molar-refractivity contribution in [2.24, 2.45) is 0 Å². The minimum absolute atomic E-state index is 0.0243. The molecule has 1 unspecified atom stereocenters. The molecular formula is C12H15FN2O. The zero-order valence-electron chi connectivity index (χ0n) is 9.70. The highest BCUT2D eigenvalue weighted by Gasteiger charge is 2.32. The number of likely N-dealkylation sites (N-methyl/N-ethyl adjacent to an activating group) is 2. The Bertz CT molecular complexity index is 431. The number of rotatable bonds is 1. The largest absolute Gasteiger partial charge is 0.373 e. The summed E-state index contributed by atoms with van der Waals surface area (Å²) in [6, 6.07) is 4.62. The Labute approximate surface area is 94.5 Å². The average molecular weight is 222 g/mol. The Hall–Kier alpha value is -1.58. The van der Waals surface area contributed by atoms with Gasteiger partial charge in [-0.2, -0.15) is 0 Å². The van der Waals surface area contributed by atoms with Crippen LogP contribution in [-0.2, 0) is 4.79 Å². The molecule has 0 saturated heterocycles. The molecule has 0 aliphatic carbocycles. The van der Waals surface area contributed by atoms with E-state index in [0.29, 0.717) is 6.54 Å². The Morgan fingerprint density at radius 2 is 2.19 bits per heavy atom. The molecule has 4 heteroatoms. The first kappa shape index (κ1) is 10.9. The van der Waals surface area contributed by atoms with Gasteiger partial charge in [0.1, 0.15) is 5.82 Å². The maximum atomic E-state index is 13.2. The highest BCUT2D eigenvalue weighted by atomic mass is 19.1. The second kappa shape index (κ2) is 3.77. The number of benzene rings is 1. The molecule has 0 aromatic heterocycles. The number of fused-ring (bicyclic) bond motifs is 1. The molecule has 3 nitrogen and oxygen atoms in total. The summed E-state index contributed by atoms with van der Waals surface area (Å²) in [5.41, 5.74) is 1.74. The molecule has 86 valence electrons. The van der Waals surface area contributed by atoms with Gasteiger partial charge in [0.05, 0.1) is 5.92 Å². The first-order valence-corrected chi connectivity index (χ1v) is 5.22. The lowest BCUT2D eigenvalue weighted by Crippen LogP contribution is -2.30. The van der Waals surface area contributed by atoms with Crippen molar-refractivity contribution in [3.05, 3.63) is 29.6 Å². The molecule has 1 aromatic carbocycles. The highest BCUT2D eigenvalue weighted by Crippen LogP contribution is 2.36. The van der Waals surface area contributed by atoms with Gasteiger partial charge in [0.25, 0.3) is 0 Å². The molecule has 0 fully saturated rings. The van der Waals surface area contributed by atoms with Crippen molar-refractivity contribution in [3.63, 3.8) is 0 Å². The van der Waals surface area contributed by atoms with Crippen LogP contribution in [0.5, 0.6) is 0 Å². The summed E-state index contributed by atoms with van der Waals surface area (Å²) in [6.45, 7) is 0.621. The summed E-state index contributed by atoms with van der Waals surface area (Å²) in [7, 11) is 5.36. The van der Waals surface area contributed by atoms with Gasteiger partial charge in [-0.05, 0) is 23.8 Å². The van der Waals surface area contributed by atoms with Crippen LogP contribution in [0, 0.1) is 5.82 Å². The Morgan fingerprint density at radius 3 is 2.81 bits per heavy atom. The zero-order valence-corrected chi connectivity index (χ0v) is 9.70. The predicted octanol–water partition coefficient (Wildman–Crippen LogP) is 1.45. The van der Waals surface area contributed by atoms with Gasteiger partial charge in [0, 0.05) is 33.4 Å². The SMILES string of the molecule is CN(C)C(=O)C1CN(C)c2ccc(F)cc21. The standard InChI is InChI=1S/C12H15FN2O/c1-14(2)12(16)10-7-15(3)11-5-4-8(13)6-9(10)11/h4-6,10H,7H2,1-3H3. The number of anilines is 1. The van der Waals surface area contributed by atoms with Gasteiger partial charge < -0.3 is 9.80 Å². The normalized spacial score (nSPS) is 18.5. The zero-order chi connectivity index (χ0) is 11.9. The van der Waals surface area contributed by atoms with Gasteiger partial charge in [0.15, 0.2) is 0 Å². The van der Waals surface area contributed by atoms with E-state index in [9.17, 15) is 9.18 Å². The fourth-order valence-corrected chi connectivity index (χ4v) is 2.15. The Balaban J connectivity index is 2.41. The molecule has 1 aliphatic heterocycles. The van der Waals surface area contributed by atoms with E-state index < -0.39 is 0 Å². The molecule has 1 aliphatic rings. The van der Waals surface area contributed by atoms with Gasteiger partial charge in [0.2, 0.25) is 5.91 Å². The van der Waals surface area contributed by atoms with Crippen molar-refractivity contribution in [2.45, 2.75) is 5.92 Å². The van der Waals surface area contributed by atoms with Gasteiger partial charge >= 0.3 is 0 Å². The lowest BCUT2D eigenvalue weighted by atomic mass is 10.00. The molecule has 1 heterocycles. The highest BCUT2D eigenvalue weighted by molar-refractivity contribution is 5.88. The van der Waals surface area contributed by atoms with Crippen LogP contribution in [0.25, 0.3) is 0 Å². The lowest BCUT2D eigenvalue weighted by Gasteiger charge is -2.16. The third-order valence-corrected chi connectivity index (χ3v) is 2.97. The van der Waals surface area contributed by atoms with Crippen molar-refractivity contribution >= 4 is 11.6 Å². The maximum Gasteiger partial charge on any atom is 0.231 e. The van der Waals surface area contributed by atoms with Crippen LogP contribution in [0.3, 0.4) is 0 Å². The number of carbonyl (C=O) groups is 1. The summed E-state index contributed by atoms with van der Waals surface area (Å²) < 4.78 is 13.2. The van der Waals surface area contributed by atoms with E-state index in [-0.39, 0.29) is 17.6 Å². The van der Waals surface area contributed by atoms with Gasteiger partial charge in [-0.25, -0.2) is 4.39 Å². The first-order valence-electron chi connectivity index (χ1n) is 5.22. The fraction of sp³-hybridized carbons (Fsp3) is 0.417. The van der Waals surface area contributed by atoms with Gasteiger partial charge in [-0.3, -0.25) is 4.79 Å².